The van der Waals surface area contributed by atoms with Gasteiger partial charge < -0.3 is 20.5 Å². The Bertz CT molecular complexity index is 522. The molecule has 1 fully saturated rings. The largest absolute Gasteiger partial charge is 0.506 e. The molecule has 5 nitrogen and oxygen atoms in total. The van der Waals surface area contributed by atoms with Crippen LogP contribution in [0.5, 0.6) is 11.5 Å². The van der Waals surface area contributed by atoms with E-state index in [2.05, 4.69) is 26.6 Å². The maximum atomic E-state index is 12.5. The number of rotatable bonds is 5. The molecule has 0 saturated carbocycles. The third-order valence-electron chi connectivity index (χ3n) is 3.88. The minimum atomic E-state index is -0.314. The van der Waals surface area contributed by atoms with Gasteiger partial charge in [0.15, 0.2) is 0 Å². The van der Waals surface area contributed by atoms with Gasteiger partial charge in [0, 0.05) is 12.1 Å². The van der Waals surface area contributed by atoms with Gasteiger partial charge in [-0.15, -0.1) is 12.4 Å². The fraction of sp³-hybridized carbons (Fsp3) is 0.533. The number of ether oxygens (including phenoxy) is 1. The third-order valence-corrected chi connectivity index (χ3v) is 4.52. The Kier molecular flexibility index (Phi) is 7.45. The minimum absolute atomic E-state index is 0. The summed E-state index contributed by atoms with van der Waals surface area (Å²) in [6, 6.07) is 3.65. The van der Waals surface area contributed by atoms with Crippen LogP contribution < -0.4 is 15.4 Å². The molecule has 2 atom stereocenters. The normalized spacial score (nSPS) is 18.4. The highest BCUT2D eigenvalue weighted by Gasteiger charge is 2.27. The predicted octanol–water partition coefficient (Wildman–Crippen LogP) is 2.85. The van der Waals surface area contributed by atoms with Gasteiger partial charge in [-0.25, -0.2) is 0 Å². The van der Waals surface area contributed by atoms with Crippen LogP contribution in [-0.2, 0) is 0 Å². The van der Waals surface area contributed by atoms with Gasteiger partial charge in [0.2, 0.25) is 0 Å². The van der Waals surface area contributed by atoms with Crippen molar-refractivity contribution >= 4 is 34.2 Å². The number of amides is 1. The van der Waals surface area contributed by atoms with Crippen molar-refractivity contribution < 1.29 is 14.6 Å². The number of aromatic hydroxyl groups is 1. The molecule has 1 aromatic carbocycles. The molecule has 3 N–H and O–H groups in total. The molecule has 1 aromatic rings. The zero-order chi connectivity index (χ0) is 15.4. The first-order chi connectivity index (χ1) is 10.1. The van der Waals surface area contributed by atoms with Crippen molar-refractivity contribution in [3.05, 3.63) is 22.2 Å². The van der Waals surface area contributed by atoms with Gasteiger partial charge in [0.05, 0.1) is 11.6 Å². The van der Waals surface area contributed by atoms with E-state index in [1.54, 1.807) is 12.1 Å². The van der Waals surface area contributed by atoms with Crippen LogP contribution in [0, 0.1) is 0 Å². The summed E-state index contributed by atoms with van der Waals surface area (Å²) in [7, 11) is 1.48. The molecule has 2 unspecified atom stereocenters. The van der Waals surface area contributed by atoms with E-state index in [0.29, 0.717) is 16.3 Å². The first-order valence-corrected chi connectivity index (χ1v) is 7.97. The Balaban J connectivity index is 0.00000242. The Labute approximate surface area is 145 Å². The summed E-state index contributed by atoms with van der Waals surface area (Å²) >= 11 is 3.23. The number of hydrogen-bond acceptors (Lipinski definition) is 4. The molecule has 0 aromatic heterocycles. The van der Waals surface area contributed by atoms with Crippen LogP contribution >= 0.6 is 28.3 Å². The van der Waals surface area contributed by atoms with Crippen molar-refractivity contribution in [2.24, 2.45) is 0 Å². The van der Waals surface area contributed by atoms with Crippen molar-refractivity contribution in [2.75, 3.05) is 13.7 Å². The summed E-state index contributed by atoms with van der Waals surface area (Å²) in [6.07, 6.45) is 3.02. The molecule has 2 rings (SSSR count). The smallest absolute Gasteiger partial charge is 0.259 e. The van der Waals surface area contributed by atoms with E-state index in [-0.39, 0.29) is 35.7 Å². The summed E-state index contributed by atoms with van der Waals surface area (Å²) in [5.41, 5.74) is 0.170. The Morgan fingerprint density at radius 2 is 2.32 bits per heavy atom. The SMILES string of the molecule is CCC(NC(=O)c1c(OC)ccc(Br)c1O)C1CCCN1.Cl. The summed E-state index contributed by atoms with van der Waals surface area (Å²) in [6.45, 7) is 3.03. The maximum Gasteiger partial charge on any atom is 0.259 e. The molecule has 7 heteroatoms. The Morgan fingerprint density at radius 3 is 2.86 bits per heavy atom. The van der Waals surface area contributed by atoms with Gasteiger partial charge >= 0.3 is 0 Å². The average molecular weight is 394 g/mol. The van der Waals surface area contributed by atoms with E-state index in [9.17, 15) is 9.90 Å². The number of methoxy groups -OCH3 is 1. The number of phenolic OH excluding ortho intramolecular Hbond substituents is 1. The summed E-state index contributed by atoms with van der Waals surface area (Å²) in [5.74, 6) is -0.0466. The van der Waals surface area contributed by atoms with Crippen molar-refractivity contribution in [1.29, 1.82) is 0 Å². The number of carbonyl (C=O) groups excluding carboxylic acids is 1. The second-order valence-electron chi connectivity index (χ2n) is 5.16. The van der Waals surface area contributed by atoms with Crippen molar-refractivity contribution in [1.82, 2.24) is 10.6 Å². The first-order valence-electron chi connectivity index (χ1n) is 7.18. The Hall–Kier alpha value is -0.980. The highest BCUT2D eigenvalue weighted by molar-refractivity contribution is 9.10. The summed E-state index contributed by atoms with van der Waals surface area (Å²) < 4.78 is 5.66. The second kappa shape index (κ2) is 8.60. The lowest BCUT2D eigenvalue weighted by Gasteiger charge is -2.24. The topological polar surface area (TPSA) is 70.6 Å². The quantitative estimate of drug-likeness (QED) is 0.719. The van der Waals surface area contributed by atoms with Gasteiger partial charge in [-0.2, -0.15) is 0 Å². The van der Waals surface area contributed by atoms with Gasteiger partial charge in [-0.05, 0) is 53.9 Å². The second-order valence-corrected chi connectivity index (χ2v) is 6.02. The molecule has 1 aliphatic rings. The van der Waals surface area contributed by atoms with Gasteiger partial charge in [-0.3, -0.25) is 4.79 Å². The highest BCUT2D eigenvalue weighted by Crippen LogP contribution is 2.34. The zero-order valence-electron chi connectivity index (χ0n) is 12.7. The first kappa shape index (κ1) is 19.1. The average Bonchev–Trinajstić information content (AvgIpc) is 3.01. The van der Waals surface area contributed by atoms with Crippen LogP contribution in [0.3, 0.4) is 0 Å². The van der Waals surface area contributed by atoms with Crippen LogP contribution in [0.2, 0.25) is 0 Å². The number of carbonyl (C=O) groups is 1. The molecule has 22 heavy (non-hydrogen) atoms. The van der Waals surface area contributed by atoms with E-state index < -0.39 is 0 Å². The van der Waals surface area contributed by atoms with Gasteiger partial charge in [0.25, 0.3) is 5.91 Å². The number of hydrogen-bond donors (Lipinski definition) is 3. The van der Waals surface area contributed by atoms with Crippen molar-refractivity contribution in [3.63, 3.8) is 0 Å². The maximum absolute atomic E-state index is 12.5. The van der Waals surface area contributed by atoms with Gasteiger partial charge in [-0.1, -0.05) is 6.92 Å². The third kappa shape index (κ3) is 4.06. The molecular weight excluding hydrogens is 372 g/mol. The monoisotopic (exact) mass is 392 g/mol. The number of nitrogens with one attached hydrogen (secondary N) is 2. The van der Waals surface area contributed by atoms with Crippen LogP contribution in [0.1, 0.15) is 36.5 Å². The number of benzene rings is 1. The lowest BCUT2D eigenvalue weighted by atomic mass is 10.0. The van der Waals surface area contributed by atoms with Crippen molar-refractivity contribution in [2.45, 2.75) is 38.3 Å². The van der Waals surface area contributed by atoms with E-state index in [1.807, 2.05) is 6.92 Å². The molecule has 0 radical (unpaired) electrons. The fourth-order valence-electron chi connectivity index (χ4n) is 2.72. The van der Waals surface area contributed by atoms with Crippen LogP contribution in [0.25, 0.3) is 0 Å². The van der Waals surface area contributed by atoms with E-state index >= 15 is 0 Å². The molecule has 124 valence electrons. The van der Waals surface area contributed by atoms with Gasteiger partial charge in [0.1, 0.15) is 17.1 Å². The minimum Gasteiger partial charge on any atom is -0.506 e. The predicted molar refractivity (Wildman–Crippen MR) is 92.2 cm³/mol. The molecule has 1 saturated heterocycles. The standard InChI is InChI=1S/C15H21BrN2O3.ClH/c1-3-10(11-5-4-8-17-11)18-15(20)13-12(21-2)7-6-9(16)14(13)19;/h6-7,10-11,17,19H,3-5,8H2,1-2H3,(H,18,20);1H. The molecule has 1 heterocycles. The van der Waals surface area contributed by atoms with E-state index in [0.717, 1.165) is 25.8 Å². The molecule has 0 bridgehead atoms. The molecular formula is C15H22BrClN2O3. The van der Waals surface area contributed by atoms with Crippen LogP contribution in [0.4, 0.5) is 0 Å². The zero-order valence-corrected chi connectivity index (χ0v) is 15.1. The molecule has 1 aliphatic heterocycles. The van der Waals surface area contributed by atoms with Crippen LogP contribution in [-0.4, -0.2) is 36.8 Å². The van der Waals surface area contributed by atoms with E-state index in [1.165, 1.54) is 7.11 Å². The Morgan fingerprint density at radius 1 is 1.59 bits per heavy atom. The molecule has 0 spiro atoms. The lowest BCUT2D eigenvalue weighted by molar-refractivity contribution is 0.0921. The lowest BCUT2D eigenvalue weighted by Crippen LogP contribution is -2.47. The summed E-state index contributed by atoms with van der Waals surface area (Å²) in [4.78, 5) is 12.5. The molecule has 1 amide bonds. The highest BCUT2D eigenvalue weighted by atomic mass is 79.9. The fourth-order valence-corrected chi connectivity index (χ4v) is 3.05. The van der Waals surface area contributed by atoms with Crippen LogP contribution in [0.15, 0.2) is 16.6 Å². The molecule has 0 aliphatic carbocycles. The van der Waals surface area contributed by atoms with Crippen molar-refractivity contribution in [3.8, 4) is 11.5 Å². The number of halogens is 2. The number of phenols is 1. The summed E-state index contributed by atoms with van der Waals surface area (Å²) in [5, 5.41) is 16.5. The van der Waals surface area contributed by atoms with E-state index in [4.69, 9.17) is 4.74 Å².